The first-order valence-electron chi connectivity index (χ1n) is 5.88. The Morgan fingerprint density at radius 3 is 3.00 bits per heavy atom. The molecule has 1 aliphatic heterocycles. The van der Waals surface area contributed by atoms with Gasteiger partial charge >= 0.3 is 0 Å². The Bertz CT molecular complexity index is 434. The maximum atomic E-state index is 11.8. The summed E-state index contributed by atoms with van der Waals surface area (Å²) in [7, 11) is 0. The van der Waals surface area contributed by atoms with E-state index in [2.05, 4.69) is 10.3 Å². The molecule has 0 aromatic carbocycles. The number of halogens is 2. The van der Waals surface area contributed by atoms with E-state index in [0.29, 0.717) is 12.1 Å². The van der Waals surface area contributed by atoms with E-state index < -0.39 is 0 Å². The summed E-state index contributed by atoms with van der Waals surface area (Å²) in [5, 5.41) is 3.20. The number of nitrogens with one attached hydrogen (secondary N) is 1. The van der Waals surface area contributed by atoms with Gasteiger partial charge in [-0.25, -0.2) is 4.98 Å². The van der Waals surface area contributed by atoms with Crippen LogP contribution in [0.15, 0.2) is 12.1 Å². The Kier molecular flexibility index (Phi) is 4.80. The third kappa shape index (κ3) is 3.57. The molecule has 1 atom stereocenters. The average Bonchev–Trinajstić information content (AvgIpc) is 2.81. The maximum Gasteiger partial charge on any atom is 0.254 e. The molecular formula is C12H14Cl2N2O2. The van der Waals surface area contributed by atoms with Gasteiger partial charge in [-0.05, 0) is 31.4 Å². The second-order valence-electron chi connectivity index (χ2n) is 4.15. The average molecular weight is 289 g/mol. The lowest BCUT2D eigenvalue weighted by atomic mass is 10.2. The largest absolute Gasteiger partial charge is 0.378 e. The first-order chi connectivity index (χ1) is 8.66. The molecule has 1 saturated heterocycles. The summed E-state index contributed by atoms with van der Waals surface area (Å²) in [6.07, 6.45) is 3.26. The fourth-order valence-electron chi connectivity index (χ4n) is 1.90. The van der Waals surface area contributed by atoms with Gasteiger partial charge in [0.1, 0.15) is 10.3 Å². The summed E-state index contributed by atoms with van der Waals surface area (Å²) < 4.78 is 5.47. The van der Waals surface area contributed by atoms with Crippen LogP contribution in [0.4, 0.5) is 0 Å². The number of aromatic nitrogens is 1. The summed E-state index contributed by atoms with van der Waals surface area (Å²) in [6.45, 7) is 1.40. The predicted octanol–water partition coefficient (Wildman–Crippen LogP) is 2.69. The minimum atomic E-state index is -0.234. The number of hydrogen-bond acceptors (Lipinski definition) is 3. The molecule has 0 aliphatic carbocycles. The Morgan fingerprint density at radius 1 is 1.50 bits per heavy atom. The van der Waals surface area contributed by atoms with E-state index in [0.717, 1.165) is 25.9 Å². The van der Waals surface area contributed by atoms with E-state index in [1.54, 1.807) is 12.1 Å². The molecule has 1 aromatic rings. The fraction of sp³-hybridized carbons (Fsp3) is 0.500. The lowest BCUT2D eigenvalue weighted by molar-refractivity contribution is 0.0907. The zero-order chi connectivity index (χ0) is 13.0. The minimum Gasteiger partial charge on any atom is -0.378 e. The van der Waals surface area contributed by atoms with Crippen molar-refractivity contribution in [2.75, 3.05) is 13.2 Å². The zero-order valence-corrected chi connectivity index (χ0v) is 11.3. The van der Waals surface area contributed by atoms with Crippen LogP contribution in [-0.2, 0) is 4.74 Å². The Labute approximate surface area is 116 Å². The maximum absolute atomic E-state index is 11.8. The first-order valence-corrected chi connectivity index (χ1v) is 6.64. The predicted molar refractivity (Wildman–Crippen MR) is 70.2 cm³/mol. The highest BCUT2D eigenvalue weighted by molar-refractivity contribution is 6.34. The van der Waals surface area contributed by atoms with Gasteiger partial charge in [0.15, 0.2) is 0 Å². The molecule has 18 heavy (non-hydrogen) atoms. The monoisotopic (exact) mass is 288 g/mol. The standard InChI is InChI=1S/C12H14Cl2N2O2/c13-10-4-3-9(11(14)16-10)12(17)15-6-5-8-2-1-7-18-8/h3-4,8H,1-2,5-7H2,(H,15,17). The molecule has 1 amide bonds. The van der Waals surface area contributed by atoms with Gasteiger partial charge in [-0.15, -0.1) is 0 Å². The highest BCUT2D eigenvalue weighted by Gasteiger charge is 2.16. The van der Waals surface area contributed by atoms with Crippen LogP contribution in [0.3, 0.4) is 0 Å². The molecule has 1 fully saturated rings. The number of ether oxygens (including phenoxy) is 1. The molecule has 1 aliphatic rings. The van der Waals surface area contributed by atoms with Gasteiger partial charge in [-0.3, -0.25) is 4.79 Å². The molecular weight excluding hydrogens is 275 g/mol. The van der Waals surface area contributed by atoms with Crippen LogP contribution < -0.4 is 5.32 Å². The number of amides is 1. The van der Waals surface area contributed by atoms with E-state index in [1.165, 1.54) is 0 Å². The zero-order valence-electron chi connectivity index (χ0n) is 9.79. The SMILES string of the molecule is O=C(NCCC1CCCO1)c1ccc(Cl)nc1Cl. The van der Waals surface area contributed by atoms with E-state index in [-0.39, 0.29) is 22.3 Å². The Hall–Kier alpha value is -0.840. The highest BCUT2D eigenvalue weighted by Crippen LogP contribution is 2.17. The summed E-state index contributed by atoms with van der Waals surface area (Å²) in [6, 6.07) is 3.11. The molecule has 0 spiro atoms. The van der Waals surface area contributed by atoms with Crippen molar-refractivity contribution < 1.29 is 9.53 Å². The molecule has 1 N–H and O–H groups in total. The topological polar surface area (TPSA) is 51.2 Å². The van der Waals surface area contributed by atoms with E-state index >= 15 is 0 Å². The molecule has 0 radical (unpaired) electrons. The molecule has 0 saturated carbocycles. The van der Waals surface area contributed by atoms with Crippen LogP contribution >= 0.6 is 23.2 Å². The lowest BCUT2D eigenvalue weighted by Gasteiger charge is -2.10. The smallest absolute Gasteiger partial charge is 0.254 e. The summed E-state index contributed by atoms with van der Waals surface area (Å²) in [5.41, 5.74) is 0.341. The van der Waals surface area contributed by atoms with Gasteiger partial charge in [-0.2, -0.15) is 0 Å². The van der Waals surface area contributed by atoms with Crippen LogP contribution in [0.25, 0.3) is 0 Å². The van der Waals surface area contributed by atoms with Crippen LogP contribution in [-0.4, -0.2) is 30.1 Å². The van der Waals surface area contributed by atoms with Gasteiger partial charge in [0.05, 0.1) is 11.7 Å². The number of rotatable bonds is 4. The summed E-state index contributed by atoms with van der Waals surface area (Å²) in [4.78, 5) is 15.7. The van der Waals surface area contributed by atoms with Gasteiger partial charge in [0.25, 0.3) is 5.91 Å². The van der Waals surface area contributed by atoms with Crippen LogP contribution in [0.1, 0.15) is 29.6 Å². The third-order valence-corrected chi connectivity index (χ3v) is 3.33. The van der Waals surface area contributed by atoms with Crippen molar-refractivity contribution in [2.45, 2.75) is 25.4 Å². The van der Waals surface area contributed by atoms with Crippen molar-refractivity contribution in [1.82, 2.24) is 10.3 Å². The summed E-state index contributed by atoms with van der Waals surface area (Å²) >= 11 is 11.5. The molecule has 2 rings (SSSR count). The van der Waals surface area contributed by atoms with E-state index in [9.17, 15) is 4.79 Å². The summed E-state index contributed by atoms with van der Waals surface area (Å²) in [5.74, 6) is -0.234. The second-order valence-corrected chi connectivity index (χ2v) is 4.90. The van der Waals surface area contributed by atoms with Crippen molar-refractivity contribution in [3.63, 3.8) is 0 Å². The molecule has 6 heteroatoms. The second kappa shape index (κ2) is 6.36. The fourth-order valence-corrected chi connectivity index (χ4v) is 2.33. The number of carbonyl (C=O) groups excluding carboxylic acids is 1. The molecule has 0 bridgehead atoms. The quantitative estimate of drug-likeness (QED) is 0.867. The highest BCUT2D eigenvalue weighted by atomic mass is 35.5. The van der Waals surface area contributed by atoms with Crippen molar-refractivity contribution in [1.29, 1.82) is 0 Å². The molecule has 1 aromatic heterocycles. The van der Waals surface area contributed by atoms with Gasteiger partial charge in [-0.1, -0.05) is 23.2 Å². The van der Waals surface area contributed by atoms with E-state index in [4.69, 9.17) is 27.9 Å². The lowest BCUT2D eigenvalue weighted by Crippen LogP contribution is -2.27. The van der Waals surface area contributed by atoms with Crippen LogP contribution in [0.5, 0.6) is 0 Å². The molecule has 4 nitrogen and oxygen atoms in total. The van der Waals surface area contributed by atoms with Crippen LogP contribution in [0, 0.1) is 0 Å². The molecule has 2 heterocycles. The Morgan fingerprint density at radius 2 is 2.33 bits per heavy atom. The Balaban J connectivity index is 1.83. The van der Waals surface area contributed by atoms with Gasteiger partial charge < -0.3 is 10.1 Å². The molecule has 98 valence electrons. The van der Waals surface area contributed by atoms with Crippen LogP contribution in [0.2, 0.25) is 10.3 Å². The van der Waals surface area contributed by atoms with E-state index in [1.807, 2.05) is 0 Å². The normalized spacial score (nSPS) is 18.9. The van der Waals surface area contributed by atoms with Gasteiger partial charge in [0, 0.05) is 13.2 Å². The number of pyridine rings is 1. The first kappa shape index (κ1) is 13.6. The number of nitrogens with zero attached hydrogens (tertiary/aromatic N) is 1. The van der Waals surface area contributed by atoms with Crippen molar-refractivity contribution >= 4 is 29.1 Å². The third-order valence-electron chi connectivity index (χ3n) is 2.84. The van der Waals surface area contributed by atoms with Crippen molar-refractivity contribution in [3.8, 4) is 0 Å². The number of carbonyl (C=O) groups is 1. The van der Waals surface area contributed by atoms with Gasteiger partial charge in [0.2, 0.25) is 0 Å². The minimum absolute atomic E-state index is 0.122. The molecule has 1 unspecified atom stereocenters. The van der Waals surface area contributed by atoms with Crippen molar-refractivity contribution in [3.05, 3.63) is 28.0 Å². The van der Waals surface area contributed by atoms with Crippen molar-refractivity contribution in [2.24, 2.45) is 0 Å². The number of hydrogen-bond donors (Lipinski definition) is 1.